The molecule has 2 saturated heterocycles. The van der Waals surface area contributed by atoms with Gasteiger partial charge in [0.15, 0.2) is 0 Å². The highest BCUT2D eigenvalue weighted by Crippen LogP contribution is 2.33. The van der Waals surface area contributed by atoms with Crippen LogP contribution in [0.3, 0.4) is 0 Å². The number of aryl methyl sites for hydroxylation is 1. The van der Waals surface area contributed by atoms with Crippen LogP contribution in [0.2, 0.25) is 0 Å². The van der Waals surface area contributed by atoms with Crippen molar-refractivity contribution >= 4 is 35.1 Å². The van der Waals surface area contributed by atoms with E-state index in [2.05, 4.69) is 10.3 Å². The first kappa shape index (κ1) is 20.2. The average molecular weight is 433 g/mol. The highest BCUT2D eigenvalue weighted by Gasteiger charge is 2.41. The molecular weight excluding hydrogens is 410 g/mol. The second-order valence-electron chi connectivity index (χ2n) is 8.51. The second kappa shape index (κ2) is 7.44. The maximum Gasteiger partial charge on any atom is 0.329 e. The van der Waals surface area contributed by atoms with Crippen LogP contribution in [0.5, 0.6) is 0 Å². The van der Waals surface area contributed by atoms with Gasteiger partial charge in [-0.1, -0.05) is 0 Å². The number of benzene rings is 1. The number of hydrogen-bond donors (Lipinski definition) is 1. The Bertz CT molecular complexity index is 1150. The summed E-state index contributed by atoms with van der Waals surface area (Å²) in [6.07, 6.45) is 2.23. The lowest BCUT2D eigenvalue weighted by Gasteiger charge is -2.29. The molecule has 5 rings (SSSR count). The fraction of sp³-hybridized carbons (Fsp3) is 0.348. The molecule has 2 unspecified atom stereocenters. The minimum Gasteiger partial charge on any atom is -0.322 e. The van der Waals surface area contributed by atoms with Crippen LogP contribution in [0.25, 0.3) is 0 Å². The number of imide groups is 1. The summed E-state index contributed by atoms with van der Waals surface area (Å²) in [5, 5.41) is 2.31. The van der Waals surface area contributed by atoms with Gasteiger partial charge in [0.05, 0.1) is 17.9 Å². The molecule has 1 aromatic carbocycles. The maximum atomic E-state index is 13.2. The Balaban J connectivity index is 1.38. The molecule has 1 N–H and O–H groups in total. The Morgan fingerprint density at radius 2 is 1.84 bits per heavy atom. The molecule has 1 aromatic heterocycles. The summed E-state index contributed by atoms with van der Waals surface area (Å²) in [6, 6.07) is 8.26. The smallest absolute Gasteiger partial charge is 0.322 e. The Labute approximate surface area is 185 Å². The van der Waals surface area contributed by atoms with Crippen molar-refractivity contribution in [3.05, 3.63) is 53.3 Å². The van der Waals surface area contributed by atoms with E-state index < -0.39 is 11.9 Å². The van der Waals surface area contributed by atoms with Crippen LogP contribution < -0.4 is 15.1 Å². The number of rotatable bonds is 3. The van der Waals surface area contributed by atoms with Gasteiger partial charge in [0, 0.05) is 36.5 Å². The molecule has 0 saturated carbocycles. The highest BCUT2D eigenvalue weighted by molar-refractivity contribution is 6.08. The molecule has 0 radical (unpaired) electrons. The van der Waals surface area contributed by atoms with Crippen LogP contribution in [0, 0.1) is 6.92 Å². The minimum absolute atomic E-state index is 0.0399. The molecule has 9 heteroatoms. The molecule has 164 valence electrons. The standard InChI is InChI=1S/C23H23N5O4/c1-13-3-4-17(10-24-13)28-14(2)11-26(23(28)32)16-5-6-18-15(9-16)12-27(22(18)31)19-7-8-20(29)25-21(19)30/h3-6,9-10,14,19H,7-8,11-12H2,1-2H3,(H,25,29,30). The summed E-state index contributed by atoms with van der Waals surface area (Å²) >= 11 is 0. The minimum atomic E-state index is -0.658. The molecule has 0 bridgehead atoms. The van der Waals surface area contributed by atoms with Crippen molar-refractivity contribution in [1.82, 2.24) is 15.2 Å². The van der Waals surface area contributed by atoms with Gasteiger partial charge < -0.3 is 4.90 Å². The van der Waals surface area contributed by atoms with Gasteiger partial charge >= 0.3 is 6.03 Å². The summed E-state index contributed by atoms with van der Waals surface area (Å²) in [4.78, 5) is 59.0. The molecule has 32 heavy (non-hydrogen) atoms. The molecule has 0 aliphatic carbocycles. The molecule has 2 fully saturated rings. The number of amides is 5. The molecule has 9 nitrogen and oxygen atoms in total. The maximum absolute atomic E-state index is 13.2. The van der Waals surface area contributed by atoms with Crippen molar-refractivity contribution in [2.75, 3.05) is 16.3 Å². The first-order valence-electron chi connectivity index (χ1n) is 10.6. The number of urea groups is 1. The van der Waals surface area contributed by atoms with Gasteiger partial charge in [0.1, 0.15) is 6.04 Å². The molecule has 3 aliphatic rings. The quantitative estimate of drug-likeness (QED) is 0.746. The number of nitrogens with zero attached hydrogens (tertiary/aromatic N) is 4. The van der Waals surface area contributed by atoms with Gasteiger partial charge in [-0.05, 0) is 56.2 Å². The lowest BCUT2D eigenvalue weighted by atomic mass is 10.0. The van der Waals surface area contributed by atoms with Crippen LogP contribution in [0.4, 0.5) is 16.2 Å². The SMILES string of the molecule is Cc1ccc(N2C(=O)N(c3ccc4c(c3)CN(C3CCC(=O)NC3=O)C4=O)CC2C)cn1. The third-order valence-electron chi connectivity index (χ3n) is 6.32. The van der Waals surface area contributed by atoms with Crippen molar-refractivity contribution in [2.45, 2.75) is 45.3 Å². The molecule has 3 aliphatic heterocycles. The van der Waals surface area contributed by atoms with E-state index in [1.54, 1.807) is 28.1 Å². The van der Waals surface area contributed by atoms with E-state index in [0.29, 0.717) is 24.2 Å². The van der Waals surface area contributed by atoms with E-state index in [0.717, 1.165) is 16.9 Å². The van der Waals surface area contributed by atoms with Crippen LogP contribution in [0.15, 0.2) is 36.5 Å². The number of aromatic nitrogens is 1. The first-order valence-corrected chi connectivity index (χ1v) is 10.6. The predicted octanol–water partition coefficient (Wildman–Crippen LogP) is 1.99. The van der Waals surface area contributed by atoms with Gasteiger partial charge in [-0.2, -0.15) is 0 Å². The first-order chi connectivity index (χ1) is 15.3. The number of hydrogen-bond acceptors (Lipinski definition) is 5. The van der Waals surface area contributed by atoms with E-state index in [4.69, 9.17) is 0 Å². The van der Waals surface area contributed by atoms with E-state index in [1.165, 1.54) is 4.90 Å². The Hall–Kier alpha value is -3.75. The lowest BCUT2D eigenvalue weighted by Crippen LogP contribution is -2.52. The number of fused-ring (bicyclic) bond motifs is 1. The van der Waals surface area contributed by atoms with Crippen molar-refractivity contribution < 1.29 is 19.2 Å². The number of piperidine rings is 1. The van der Waals surface area contributed by atoms with Crippen molar-refractivity contribution in [3.63, 3.8) is 0 Å². The van der Waals surface area contributed by atoms with Crippen molar-refractivity contribution in [2.24, 2.45) is 0 Å². The molecule has 2 aromatic rings. The van der Waals surface area contributed by atoms with Gasteiger partial charge in [-0.25, -0.2) is 4.79 Å². The number of nitrogens with one attached hydrogen (secondary N) is 1. The predicted molar refractivity (Wildman–Crippen MR) is 116 cm³/mol. The summed E-state index contributed by atoms with van der Waals surface area (Å²) in [5.74, 6) is -0.976. The van der Waals surface area contributed by atoms with E-state index >= 15 is 0 Å². The summed E-state index contributed by atoms with van der Waals surface area (Å²) < 4.78 is 0. The van der Waals surface area contributed by atoms with E-state index in [1.807, 2.05) is 32.0 Å². The summed E-state index contributed by atoms with van der Waals surface area (Å²) in [7, 11) is 0. The fourth-order valence-electron chi connectivity index (χ4n) is 4.65. The fourth-order valence-corrected chi connectivity index (χ4v) is 4.65. The Kier molecular flexibility index (Phi) is 4.69. The van der Waals surface area contributed by atoms with Crippen LogP contribution >= 0.6 is 0 Å². The number of carbonyl (C=O) groups is 4. The van der Waals surface area contributed by atoms with Crippen LogP contribution in [-0.4, -0.2) is 52.3 Å². The molecule has 0 spiro atoms. The topological polar surface area (TPSA) is 103 Å². The second-order valence-corrected chi connectivity index (χ2v) is 8.51. The zero-order valence-corrected chi connectivity index (χ0v) is 17.9. The number of pyridine rings is 1. The largest absolute Gasteiger partial charge is 0.329 e. The van der Waals surface area contributed by atoms with Gasteiger partial charge in [0.2, 0.25) is 11.8 Å². The van der Waals surface area contributed by atoms with Crippen molar-refractivity contribution in [1.29, 1.82) is 0 Å². The zero-order chi connectivity index (χ0) is 22.6. The van der Waals surface area contributed by atoms with Crippen LogP contribution in [0.1, 0.15) is 41.4 Å². The average Bonchev–Trinajstić information content (AvgIpc) is 3.24. The van der Waals surface area contributed by atoms with Crippen molar-refractivity contribution in [3.8, 4) is 0 Å². The third-order valence-corrected chi connectivity index (χ3v) is 6.32. The summed E-state index contributed by atoms with van der Waals surface area (Å²) in [6.45, 7) is 4.67. The Morgan fingerprint density at radius 1 is 1.06 bits per heavy atom. The monoisotopic (exact) mass is 433 g/mol. The van der Waals surface area contributed by atoms with E-state index in [-0.39, 0.29) is 36.9 Å². The number of anilines is 2. The highest BCUT2D eigenvalue weighted by atomic mass is 16.2. The van der Waals surface area contributed by atoms with Gasteiger partial charge in [-0.15, -0.1) is 0 Å². The Morgan fingerprint density at radius 3 is 2.56 bits per heavy atom. The van der Waals surface area contributed by atoms with Crippen LogP contribution in [-0.2, 0) is 16.1 Å². The molecule has 5 amide bonds. The van der Waals surface area contributed by atoms with Gasteiger partial charge in [-0.3, -0.25) is 34.5 Å². The lowest BCUT2D eigenvalue weighted by molar-refractivity contribution is -0.136. The third kappa shape index (κ3) is 3.21. The summed E-state index contributed by atoms with van der Waals surface area (Å²) in [5.41, 5.74) is 3.64. The van der Waals surface area contributed by atoms with E-state index in [9.17, 15) is 19.2 Å². The molecular formula is C23H23N5O4. The normalized spacial score (nSPS) is 23.1. The molecule has 4 heterocycles. The number of carbonyl (C=O) groups excluding carboxylic acids is 4. The zero-order valence-electron chi connectivity index (χ0n) is 17.9. The van der Waals surface area contributed by atoms with Gasteiger partial charge in [0.25, 0.3) is 5.91 Å². The molecule has 2 atom stereocenters.